The third-order valence-corrected chi connectivity index (χ3v) is 22.0. The summed E-state index contributed by atoms with van der Waals surface area (Å²) in [5.74, 6) is 3.65. The molecule has 398 valence electrons. The van der Waals surface area contributed by atoms with E-state index in [0.717, 1.165) is 95.6 Å². The second-order valence-corrected chi connectivity index (χ2v) is 26.5. The van der Waals surface area contributed by atoms with Gasteiger partial charge in [-0.15, -0.1) is 0 Å². The molecule has 0 spiro atoms. The van der Waals surface area contributed by atoms with Crippen LogP contribution in [0.4, 0.5) is 4.39 Å². The van der Waals surface area contributed by atoms with Gasteiger partial charge in [0.25, 0.3) is 0 Å². The van der Waals surface area contributed by atoms with Gasteiger partial charge in [0.2, 0.25) is 5.91 Å². The van der Waals surface area contributed by atoms with Crippen LogP contribution in [0.2, 0.25) is 0 Å². The van der Waals surface area contributed by atoms with Crippen molar-refractivity contribution in [2.45, 2.75) is 217 Å². The maximum absolute atomic E-state index is 13.8. The molecule has 8 rings (SSSR count). The van der Waals surface area contributed by atoms with E-state index < -0.39 is 11.7 Å². The maximum Gasteiger partial charge on any atom is 0.220 e. The van der Waals surface area contributed by atoms with Crippen LogP contribution in [0.3, 0.4) is 0 Å². The van der Waals surface area contributed by atoms with Crippen LogP contribution in [-0.4, -0.2) is 43.0 Å². The average Bonchev–Trinajstić information content (AvgIpc) is 3.33. The van der Waals surface area contributed by atoms with E-state index in [0.29, 0.717) is 48.2 Å². The van der Waals surface area contributed by atoms with E-state index in [9.17, 15) is 18.8 Å². The van der Waals surface area contributed by atoms with Gasteiger partial charge in [0.1, 0.15) is 29.4 Å². The van der Waals surface area contributed by atoms with Crippen LogP contribution in [0.1, 0.15) is 197 Å². The summed E-state index contributed by atoms with van der Waals surface area (Å²) in [4.78, 5) is 40.7. The van der Waals surface area contributed by atoms with Gasteiger partial charge < -0.3 is 24.3 Å². The standard InChI is InChI=1S/C64H94FNO6/c1-42-38-63(11)51(52-39-59(6,7)36-37-64(42,52)46(5)68)30-31-55-60(8)34-33-56(61(9,41-67)54(60)32-35-62(55,63)10)72-58-45(4)43(2)44(3)53(71-58)40-66-57(69)21-19-17-15-13-12-14-16-18-20-47-22-26-49(27-23-47)70-50-28-24-48(65)25-29-50/h22-30,41-45,52-56,58H,12-21,31-40H2,1-11H3,(H,66,69)/t42?,43-,44-,45?,52?,53?,54+,55?,56-,58-,60?,61?,62+,63+,64+/m0/s1. The lowest BCUT2D eigenvalue weighted by Gasteiger charge is -2.72. The number of allylic oxidation sites excluding steroid dienone is 2. The first-order valence-electron chi connectivity index (χ1n) is 28.9. The van der Waals surface area contributed by atoms with Crippen LogP contribution in [-0.2, 0) is 30.3 Å². The number of aryl methyl sites for hydroxylation is 1. The maximum atomic E-state index is 13.8. The molecule has 0 aromatic heterocycles. The summed E-state index contributed by atoms with van der Waals surface area (Å²) in [6.45, 7) is 26.3. The van der Waals surface area contributed by atoms with Crippen LogP contribution in [0.25, 0.3) is 0 Å². The number of hydrogen-bond acceptors (Lipinski definition) is 6. The molecule has 1 heterocycles. The molecule has 5 aliphatic carbocycles. The van der Waals surface area contributed by atoms with Gasteiger partial charge in [-0.2, -0.15) is 0 Å². The van der Waals surface area contributed by atoms with E-state index in [2.05, 4.69) is 92.8 Å². The number of ketones is 1. The molecular weight excluding hydrogens is 898 g/mol. The number of hydrogen-bond donors (Lipinski definition) is 1. The fraction of sp³-hybridized carbons (Fsp3) is 0.734. The van der Waals surface area contributed by atoms with Crippen molar-refractivity contribution < 1.29 is 33.0 Å². The van der Waals surface area contributed by atoms with E-state index in [-0.39, 0.29) is 68.8 Å². The van der Waals surface area contributed by atoms with Crippen molar-refractivity contribution >= 4 is 18.0 Å². The van der Waals surface area contributed by atoms with Crippen LogP contribution < -0.4 is 10.1 Å². The zero-order valence-electron chi connectivity index (χ0n) is 46.5. The molecule has 2 aromatic rings. The number of aldehydes is 1. The van der Waals surface area contributed by atoms with Crippen LogP contribution in [0, 0.1) is 79.7 Å². The minimum absolute atomic E-state index is 0.0126. The summed E-state index contributed by atoms with van der Waals surface area (Å²) in [5, 5.41) is 3.23. The highest BCUT2D eigenvalue weighted by atomic mass is 19.1. The van der Waals surface area contributed by atoms with Gasteiger partial charge >= 0.3 is 0 Å². The third-order valence-electron chi connectivity index (χ3n) is 22.0. The van der Waals surface area contributed by atoms with Gasteiger partial charge in [-0.1, -0.05) is 132 Å². The topological polar surface area (TPSA) is 90.9 Å². The molecule has 2 aromatic carbocycles. The molecule has 15 atom stereocenters. The summed E-state index contributed by atoms with van der Waals surface area (Å²) in [5.41, 5.74) is 2.30. The minimum atomic E-state index is -0.644. The van der Waals surface area contributed by atoms with Crippen molar-refractivity contribution in [3.8, 4) is 11.5 Å². The second-order valence-electron chi connectivity index (χ2n) is 26.5. The molecule has 7 unspecified atom stereocenters. The largest absolute Gasteiger partial charge is 0.457 e. The summed E-state index contributed by atoms with van der Waals surface area (Å²) in [6, 6.07) is 14.3. The Morgan fingerprint density at radius 2 is 1.39 bits per heavy atom. The quantitative estimate of drug-likeness (QED) is 0.0653. The zero-order valence-corrected chi connectivity index (χ0v) is 46.5. The Bertz CT molecular complexity index is 2240. The van der Waals surface area contributed by atoms with Gasteiger partial charge in [-0.25, -0.2) is 4.39 Å². The molecule has 7 nitrogen and oxygen atoms in total. The molecule has 6 aliphatic rings. The number of Topliss-reactive ketones (excluding diaryl/α,β-unsaturated/α-hetero) is 1. The predicted octanol–water partition coefficient (Wildman–Crippen LogP) is 15.6. The number of carbonyl (C=O) groups is 3. The van der Waals surface area contributed by atoms with E-state index in [1.165, 1.54) is 49.7 Å². The number of fused-ring (bicyclic) bond motifs is 7. The number of rotatable bonds is 19. The van der Waals surface area contributed by atoms with Gasteiger partial charge in [-0.3, -0.25) is 9.59 Å². The minimum Gasteiger partial charge on any atom is -0.457 e. The molecule has 1 saturated heterocycles. The highest BCUT2D eigenvalue weighted by molar-refractivity contribution is 5.84. The summed E-state index contributed by atoms with van der Waals surface area (Å²) in [6.07, 6.45) is 23.0. The predicted molar refractivity (Wildman–Crippen MR) is 287 cm³/mol. The van der Waals surface area contributed by atoms with Gasteiger partial charge in [0.15, 0.2) is 6.29 Å². The normalized spacial score (nSPS) is 39.0. The van der Waals surface area contributed by atoms with Crippen molar-refractivity contribution in [1.82, 2.24) is 5.32 Å². The number of unbranched alkanes of at least 4 members (excludes halogenated alkanes) is 7. The highest BCUT2D eigenvalue weighted by Gasteiger charge is 2.71. The molecule has 72 heavy (non-hydrogen) atoms. The zero-order chi connectivity index (χ0) is 51.9. The lowest BCUT2D eigenvalue weighted by atomic mass is 9.32. The van der Waals surface area contributed by atoms with Crippen LogP contribution in [0.5, 0.6) is 11.5 Å². The molecule has 0 radical (unpaired) electrons. The number of nitrogens with one attached hydrogen (secondary N) is 1. The van der Waals surface area contributed by atoms with Crippen LogP contribution >= 0.6 is 0 Å². The molecule has 5 fully saturated rings. The van der Waals surface area contributed by atoms with Crippen molar-refractivity contribution in [3.63, 3.8) is 0 Å². The molecule has 8 heteroatoms. The first-order valence-corrected chi connectivity index (χ1v) is 28.9. The number of carbonyl (C=O) groups excluding carboxylic acids is 3. The molecular formula is C64H94FNO6. The Balaban J connectivity index is 0.788. The molecule has 1 amide bonds. The molecule has 1 N–H and O–H groups in total. The van der Waals surface area contributed by atoms with Gasteiger partial charge in [0.05, 0.1) is 17.6 Å². The Morgan fingerprint density at radius 1 is 0.750 bits per heavy atom. The Hall–Kier alpha value is -3.36. The monoisotopic (exact) mass is 992 g/mol. The number of ether oxygens (including phenoxy) is 3. The van der Waals surface area contributed by atoms with E-state index in [1.54, 1.807) is 17.7 Å². The van der Waals surface area contributed by atoms with Crippen molar-refractivity contribution in [1.29, 1.82) is 0 Å². The Labute approximate surface area is 434 Å². The van der Waals surface area contributed by atoms with Gasteiger partial charge in [-0.05, 0) is 183 Å². The Morgan fingerprint density at radius 3 is 2.04 bits per heavy atom. The molecule has 0 bridgehead atoms. The van der Waals surface area contributed by atoms with E-state index in [1.807, 2.05) is 19.1 Å². The van der Waals surface area contributed by atoms with Crippen molar-refractivity contribution in [2.75, 3.05) is 6.54 Å². The van der Waals surface area contributed by atoms with E-state index in [4.69, 9.17) is 14.2 Å². The summed E-state index contributed by atoms with van der Waals surface area (Å²) < 4.78 is 33.0. The number of amides is 1. The lowest BCUT2D eigenvalue weighted by Crippen LogP contribution is -2.67. The second kappa shape index (κ2) is 21.7. The third kappa shape index (κ3) is 10.3. The van der Waals surface area contributed by atoms with Crippen molar-refractivity contribution in [2.24, 2.45) is 73.9 Å². The summed E-state index contributed by atoms with van der Waals surface area (Å²) >= 11 is 0. The fourth-order valence-corrected chi connectivity index (χ4v) is 17.0. The highest BCUT2D eigenvalue weighted by Crippen LogP contribution is 2.76. The summed E-state index contributed by atoms with van der Waals surface area (Å²) in [7, 11) is 0. The first-order chi connectivity index (χ1) is 34.1. The number of benzene rings is 2. The van der Waals surface area contributed by atoms with Crippen molar-refractivity contribution in [3.05, 3.63) is 71.6 Å². The fourth-order valence-electron chi connectivity index (χ4n) is 17.0. The SMILES string of the molecule is CC(=O)[C@]12CCC(C)(C)CC1C1=CCC3C4(C)CC[C@H](O[C@@H]5OC(CNC(=O)CCCCCCCCCCc6ccc(Oc7ccc(F)cc7)cc6)[C@@H](C)[C@H](C)C5C)C(C)(C=O)[C@@H]4CC[C@@]3(C)[C@]1(C)CC2C. The van der Waals surface area contributed by atoms with E-state index >= 15 is 0 Å². The van der Waals surface area contributed by atoms with Gasteiger partial charge in [0, 0.05) is 24.3 Å². The molecule has 4 saturated carbocycles. The average molecular weight is 992 g/mol. The Kier molecular flexibility index (Phi) is 16.5. The molecule has 1 aliphatic heterocycles. The smallest absolute Gasteiger partial charge is 0.220 e. The van der Waals surface area contributed by atoms with Crippen LogP contribution in [0.15, 0.2) is 60.2 Å². The lowest BCUT2D eigenvalue weighted by molar-refractivity contribution is -0.293. The first kappa shape index (κ1) is 54.9. The number of halogens is 1.